The molecule has 80 valence electrons. The molecule has 0 aliphatic heterocycles. The lowest BCUT2D eigenvalue weighted by Crippen LogP contribution is -1.97. The van der Waals surface area contributed by atoms with Crippen LogP contribution in [0.1, 0.15) is 5.56 Å². The number of rotatable bonds is 3. The normalized spacial score (nSPS) is 9.53. The molecular formula is C10H9ClFNO2. The quantitative estimate of drug-likeness (QED) is 0.800. The van der Waals surface area contributed by atoms with E-state index in [0.29, 0.717) is 5.75 Å². The lowest BCUT2D eigenvalue weighted by atomic mass is 10.1. The standard InChI is InChI=1S/C10H9ClFNO2/c1-14-7-5-6(3-4-13)9(12)8(11)10(7)15-2/h5H,3H2,1-2H3. The summed E-state index contributed by atoms with van der Waals surface area (Å²) in [5.74, 6) is -0.191. The summed E-state index contributed by atoms with van der Waals surface area (Å²) < 4.78 is 23.4. The summed E-state index contributed by atoms with van der Waals surface area (Å²) in [6.07, 6.45) is -0.0636. The Balaban J connectivity index is 3.37. The first-order chi connectivity index (χ1) is 7.15. The summed E-state index contributed by atoms with van der Waals surface area (Å²) >= 11 is 5.73. The summed E-state index contributed by atoms with van der Waals surface area (Å²) in [4.78, 5) is 0. The fourth-order valence-electron chi connectivity index (χ4n) is 1.19. The molecule has 0 aliphatic carbocycles. The summed E-state index contributed by atoms with van der Waals surface area (Å²) in [5.41, 5.74) is 0.195. The fraction of sp³-hybridized carbons (Fsp3) is 0.300. The number of halogens is 2. The van der Waals surface area contributed by atoms with E-state index in [4.69, 9.17) is 26.3 Å². The SMILES string of the molecule is COc1cc(CC#N)c(F)c(Cl)c1OC. The number of hydrogen-bond acceptors (Lipinski definition) is 3. The van der Waals surface area contributed by atoms with E-state index in [2.05, 4.69) is 0 Å². The third kappa shape index (κ3) is 2.13. The lowest BCUT2D eigenvalue weighted by Gasteiger charge is -2.11. The largest absolute Gasteiger partial charge is 0.493 e. The third-order valence-electron chi connectivity index (χ3n) is 1.90. The number of ether oxygens (including phenoxy) is 2. The highest BCUT2D eigenvalue weighted by molar-refractivity contribution is 6.32. The molecule has 1 aromatic carbocycles. The smallest absolute Gasteiger partial charge is 0.182 e. The minimum atomic E-state index is -0.643. The molecule has 0 atom stereocenters. The number of nitriles is 1. The predicted octanol–water partition coefficient (Wildman–Crippen LogP) is 2.56. The molecule has 15 heavy (non-hydrogen) atoms. The number of benzene rings is 1. The van der Waals surface area contributed by atoms with Gasteiger partial charge in [-0.05, 0) is 6.07 Å². The van der Waals surface area contributed by atoms with Crippen LogP contribution in [-0.4, -0.2) is 14.2 Å². The second kappa shape index (κ2) is 4.85. The van der Waals surface area contributed by atoms with Crippen LogP contribution in [0.5, 0.6) is 11.5 Å². The van der Waals surface area contributed by atoms with Gasteiger partial charge in [0.2, 0.25) is 0 Å². The molecule has 0 heterocycles. The van der Waals surface area contributed by atoms with E-state index < -0.39 is 5.82 Å². The van der Waals surface area contributed by atoms with Crippen LogP contribution in [0.15, 0.2) is 6.07 Å². The minimum Gasteiger partial charge on any atom is -0.493 e. The highest BCUT2D eigenvalue weighted by Gasteiger charge is 2.17. The van der Waals surface area contributed by atoms with Crippen molar-refractivity contribution in [2.75, 3.05) is 14.2 Å². The molecule has 0 saturated heterocycles. The van der Waals surface area contributed by atoms with Crippen molar-refractivity contribution in [2.24, 2.45) is 0 Å². The van der Waals surface area contributed by atoms with E-state index in [0.717, 1.165) is 0 Å². The van der Waals surface area contributed by atoms with Gasteiger partial charge in [0.25, 0.3) is 0 Å². The Hall–Kier alpha value is -1.47. The van der Waals surface area contributed by atoms with Crippen molar-refractivity contribution in [3.63, 3.8) is 0 Å². The Kier molecular flexibility index (Phi) is 3.75. The van der Waals surface area contributed by atoms with E-state index in [1.54, 1.807) is 0 Å². The van der Waals surface area contributed by atoms with Gasteiger partial charge in [-0.1, -0.05) is 11.6 Å². The molecule has 0 saturated carbocycles. The van der Waals surface area contributed by atoms with Gasteiger partial charge >= 0.3 is 0 Å². The first-order valence-corrected chi connectivity index (χ1v) is 4.49. The maximum Gasteiger partial charge on any atom is 0.182 e. The van der Waals surface area contributed by atoms with E-state index in [9.17, 15) is 4.39 Å². The van der Waals surface area contributed by atoms with Gasteiger partial charge in [0, 0.05) is 5.56 Å². The van der Waals surface area contributed by atoms with Crippen LogP contribution in [0, 0.1) is 17.1 Å². The predicted molar refractivity (Wildman–Crippen MR) is 53.8 cm³/mol. The van der Waals surface area contributed by atoms with Gasteiger partial charge in [-0.25, -0.2) is 4.39 Å². The zero-order valence-corrected chi connectivity index (χ0v) is 9.06. The Labute approximate surface area is 92.0 Å². The zero-order chi connectivity index (χ0) is 11.4. The summed E-state index contributed by atoms with van der Waals surface area (Å²) in [6.45, 7) is 0. The second-order valence-electron chi connectivity index (χ2n) is 2.73. The minimum absolute atomic E-state index is 0.0636. The average molecular weight is 230 g/mol. The Morgan fingerprint density at radius 2 is 2.13 bits per heavy atom. The van der Waals surface area contributed by atoms with Gasteiger partial charge in [-0.3, -0.25) is 0 Å². The Morgan fingerprint density at radius 3 is 2.60 bits per heavy atom. The molecule has 0 radical (unpaired) electrons. The molecule has 0 bridgehead atoms. The molecule has 0 N–H and O–H groups in total. The highest BCUT2D eigenvalue weighted by atomic mass is 35.5. The summed E-state index contributed by atoms with van der Waals surface area (Å²) in [7, 11) is 2.79. The molecule has 0 fully saturated rings. The monoisotopic (exact) mass is 229 g/mol. The first-order valence-electron chi connectivity index (χ1n) is 4.11. The molecule has 0 amide bonds. The van der Waals surface area contributed by atoms with Gasteiger partial charge < -0.3 is 9.47 Å². The van der Waals surface area contributed by atoms with Crippen molar-refractivity contribution in [2.45, 2.75) is 6.42 Å². The van der Waals surface area contributed by atoms with Crippen molar-refractivity contribution in [3.05, 3.63) is 22.5 Å². The zero-order valence-electron chi connectivity index (χ0n) is 8.30. The topological polar surface area (TPSA) is 42.2 Å². The Bertz CT molecular complexity index is 415. The van der Waals surface area contributed by atoms with E-state index in [1.165, 1.54) is 20.3 Å². The Morgan fingerprint density at radius 1 is 1.47 bits per heavy atom. The second-order valence-corrected chi connectivity index (χ2v) is 3.11. The van der Waals surface area contributed by atoms with Gasteiger partial charge in [-0.2, -0.15) is 5.26 Å². The van der Waals surface area contributed by atoms with Crippen LogP contribution in [0.25, 0.3) is 0 Å². The maximum absolute atomic E-state index is 13.5. The van der Waals surface area contributed by atoms with Crippen molar-refractivity contribution >= 4 is 11.6 Å². The van der Waals surface area contributed by atoms with Gasteiger partial charge in [0.15, 0.2) is 11.5 Å². The first kappa shape index (κ1) is 11.6. The molecule has 5 heteroatoms. The van der Waals surface area contributed by atoms with Crippen molar-refractivity contribution in [3.8, 4) is 17.6 Å². The molecular weight excluding hydrogens is 221 g/mol. The lowest BCUT2D eigenvalue weighted by molar-refractivity contribution is 0.352. The molecule has 1 aromatic rings. The van der Waals surface area contributed by atoms with Crippen molar-refractivity contribution in [1.29, 1.82) is 5.26 Å². The van der Waals surface area contributed by atoms with Crippen molar-refractivity contribution < 1.29 is 13.9 Å². The van der Waals surface area contributed by atoms with Crippen LogP contribution < -0.4 is 9.47 Å². The van der Waals surface area contributed by atoms with Crippen LogP contribution in [-0.2, 0) is 6.42 Å². The molecule has 0 spiro atoms. The summed E-state index contributed by atoms with van der Waals surface area (Å²) in [5, 5.41) is 8.33. The molecule has 0 aliphatic rings. The van der Waals surface area contributed by atoms with Crippen LogP contribution >= 0.6 is 11.6 Å². The summed E-state index contributed by atoms with van der Waals surface area (Å²) in [6, 6.07) is 3.25. The third-order valence-corrected chi connectivity index (χ3v) is 2.23. The van der Waals surface area contributed by atoms with Gasteiger partial charge in [0.1, 0.15) is 10.8 Å². The molecule has 1 rings (SSSR count). The van der Waals surface area contributed by atoms with E-state index in [1.807, 2.05) is 6.07 Å². The van der Waals surface area contributed by atoms with Gasteiger partial charge in [-0.15, -0.1) is 0 Å². The van der Waals surface area contributed by atoms with E-state index >= 15 is 0 Å². The average Bonchev–Trinajstić information content (AvgIpc) is 2.24. The maximum atomic E-state index is 13.5. The van der Waals surface area contributed by atoms with Crippen molar-refractivity contribution in [1.82, 2.24) is 0 Å². The van der Waals surface area contributed by atoms with Crippen LogP contribution in [0.4, 0.5) is 4.39 Å². The number of hydrogen-bond donors (Lipinski definition) is 0. The highest BCUT2D eigenvalue weighted by Crippen LogP contribution is 2.38. The van der Waals surface area contributed by atoms with E-state index in [-0.39, 0.29) is 22.8 Å². The molecule has 0 aromatic heterocycles. The number of nitrogens with zero attached hydrogens (tertiary/aromatic N) is 1. The van der Waals surface area contributed by atoms with Crippen LogP contribution in [0.3, 0.4) is 0 Å². The number of methoxy groups -OCH3 is 2. The fourth-order valence-corrected chi connectivity index (χ4v) is 1.48. The molecule has 3 nitrogen and oxygen atoms in total. The van der Waals surface area contributed by atoms with Gasteiger partial charge in [0.05, 0.1) is 26.7 Å². The van der Waals surface area contributed by atoms with Crippen LogP contribution in [0.2, 0.25) is 5.02 Å². The molecule has 0 unspecified atom stereocenters.